The third-order valence-electron chi connectivity index (χ3n) is 2.67. The van der Waals surface area contributed by atoms with E-state index in [1.807, 2.05) is 0 Å². The van der Waals surface area contributed by atoms with Crippen molar-refractivity contribution in [2.45, 2.75) is 25.3 Å². The number of carbonyl (C=O) groups is 2. The summed E-state index contributed by atoms with van der Waals surface area (Å²) in [6.45, 7) is 1.55. The Morgan fingerprint density at radius 3 is 2.50 bits per heavy atom. The van der Waals surface area contributed by atoms with Gasteiger partial charge in [-0.05, 0) is 25.7 Å². The maximum atomic E-state index is 11.0. The number of esters is 1. The summed E-state index contributed by atoms with van der Waals surface area (Å²) in [5, 5.41) is 11.7. The number of carbonyl (C=O) groups excluding carboxylic acids is 1. The van der Waals surface area contributed by atoms with Crippen molar-refractivity contribution in [1.29, 1.82) is 0 Å². The minimum Gasteiger partial charge on any atom is -0.480 e. The van der Waals surface area contributed by atoms with Crippen molar-refractivity contribution in [3.05, 3.63) is 0 Å². The molecule has 1 aliphatic rings. The van der Waals surface area contributed by atoms with E-state index in [4.69, 9.17) is 5.11 Å². The first kappa shape index (κ1) is 11.0. The van der Waals surface area contributed by atoms with Crippen LogP contribution in [0.4, 0.5) is 0 Å². The molecule has 1 unspecified atom stereocenters. The zero-order chi connectivity index (χ0) is 10.8. The summed E-state index contributed by atoms with van der Waals surface area (Å²) in [5.74, 6) is -1.23. The first-order chi connectivity index (χ1) is 6.50. The van der Waals surface area contributed by atoms with Crippen molar-refractivity contribution in [1.82, 2.24) is 5.32 Å². The summed E-state index contributed by atoms with van der Waals surface area (Å²) < 4.78 is 4.43. The Bertz CT molecular complexity index is 249. The average Bonchev–Trinajstić information content (AvgIpc) is 2.96. The van der Waals surface area contributed by atoms with Crippen LogP contribution >= 0.6 is 0 Å². The van der Waals surface area contributed by atoms with Crippen LogP contribution in [0.15, 0.2) is 0 Å². The van der Waals surface area contributed by atoms with E-state index in [-0.39, 0.29) is 12.5 Å². The molecule has 0 aliphatic heterocycles. The first-order valence-corrected chi connectivity index (χ1v) is 4.56. The number of hydrogen-bond donors (Lipinski definition) is 2. The Hall–Kier alpha value is -1.10. The van der Waals surface area contributed by atoms with Gasteiger partial charge in [0, 0.05) is 0 Å². The van der Waals surface area contributed by atoms with Gasteiger partial charge in [0.1, 0.15) is 5.54 Å². The van der Waals surface area contributed by atoms with Crippen molar-refractivity contribution in [2.75, 3.05) is 13.7 Å². The highest BCUT2D eigenvalue weighted by Gasteiger charge is 2.47. The lowest BCUT2D eigenvalue weighted by Gasteiger charge is -2.25. The normalized spacial score (nSPS) is 19.9. The third-order valence-corrected chi connectivity index (χ3v) is 2.67. The van der Waals surface area contributed by atoms with Gasteiger partial charge in [0.25, 0.3) is 0 Å². The maximum Gasteiger partial charge on any atom is 0.323 e. The van der Waals surface area contributed by atoms with E-state index in [9.17, 15) is 9.59 Å². The molecule has 0 aromatic rings. The summed E-state index contributed by atoms with van der Waals surface area (Å²) in [6, 6.07) is 0. The summed E-state index contributed by atoms with van der Waals surface area (Å²) in [7, 11) is 1.28. The number of ether oxygens (including phenoxy) is 1. The van der Waals surface area contributed by atoms with Gasteiger partial charge in [-0.15, -0.1) is 0 Å². The standard InChI is InChI=1S/C9H15NO4/c1-9(8(12)13,6-3-4-6)10-5-7(11)14-2/h6,10H,3-5H2,1-2H3,(H,12,13). The SMILES string of the molecule is COC(=O)CNC(C)(C(=O)O)C1CC1. The van der Waals surface area contributed by atoms with Crippen molar-refractivity contribution < 1.29 is 19.4 Å². The zero-order valence-corrected chi connectivity index (χ0v) is 8.37. The Kier molecular flexibility index (Phi) is 3.10. The quantitative estimate of drug-likeness (QED) is 0.612. The number of hydrogen-bond acceptors (Lipinski definition) is 4. The molecule has 0 aromatic heterocycles. The van der Waals surface area contributed by atoms with Crippen LogP contribution in [-0.2, 0) is 14.3 Å². The second-order valence-corrected chi connectivity index (χ2v) is 3.71. The summed E-state index contributed by atoms with van der Waals surface area (Å²) >= 11 is 0. The number of aliphatic carboxylic acids is 1. The molecule has 0 amide bonds. The fourth-order valence-corrected chi connectivity index (χ4v) is 1.38. The molecule has 0 heterocycles. The molecule has 0 aromatic carbocycles. The van der Waals surface area contributed by atoms with Gasteiger partial charge >= 0.3 is 11.9 Å². The van der Waals surface area contributed by atoms with E-state index < -0.39 is 17.5 Å². The smallest absolute Gasteiger partial charge is 0.323 e. The topological polar surface area (TPSA) is 75.6 Å². The second kappa shape index (κ2) is 3.96. The number of carboxylic acids is 1. The Morgan fingerprint density at radius 2 is 2.14 bits per heavy atom. The summed E-state index contributed by atoms with van der Waals surface area (Å²) in [6.07, 6.45) is 1.80. The van der Waals surface area contributed by atoms with E-state index in [1.54, 1.807) is 6.92 Å². The van der Waals surface area contributed by atoms with Crippen LogP contribution in [0.1, 0.15) is 19.8 Å². The minimum absolute atomic E-state index is 0.0597. The zero-order valence-electron chi connectivity index (χ0n) is 8.37. The Morgan fingerprint density at radius 1 is 1.57 bits per heavy atom. The molecular formula is C9H15NO4. The summed E-state index contributed by atoms with van der Waals surface area (Å²) in [5.41, 5.74) is -0.992. The van der Waals surface area contributed by atoms with Gasteiger partial charge in [0.2, 0.25) is 0 Å². The number of rotatable bonds is 5. The van der Waals surface area contributed by atoms with Gasteiger partial charge in [-0.25, -0.2) is 0 Å². The van der Waals surface area contributed by atoms with Gasteiger partial charge in [-0.2, -0.15) is 0 Å². The molecule has 0 radical (unpaired) electrons. The van der Waals surface area contributed by atoms with E-state index in [0.29, 0.717) is 0 Å². The molecule has 1 fully saturated rings. The van der Waals surface area contributed by atoms with Crippen LogP contribution in [0.25, 0.3) is 0 Å². The van der Waals surface area contributed by atoms with Crippen molar-refractivity contribution in [3.63, 3.8) is 0 Å². The van der Waals surface area contributed by atoms with Crippen LogP contribution in [-0.4, -0.2) is 36.2 Å². The van der Waals surface area contributed by atoms with Crippen LogP contribution in [0, 0.1) is 5.92 Å². The first-order valence-electron chi connectivity index (χ1n) is 4.56. The summed E-state index contributed by atoms with van der Waals surface area (Å²) in [4.78, 5) is 21.8. The molecule has 5 nitrogen and oxygen atoms in total. The highest BCUT2D eigenvalue weighted by atomic mass is 16.5. The van der Waals surface area contributed by atoms with E-state index >= 15 is 0 Å². The van der Waals surface area contributed by atoms with Crippen molar-refractivity contribution in [2.24, 2.45) is 5.92 Å². The lowest BCUT2D eigenvalue weighted by molar-refractivity contribution is -0.146. The molecule has 80 valence electrons. The second-order valence-electron chi connectivity index (χ2n) is 3.71. The number of carboxylic acid groups (broad SMARTS) is 1. The highest BCUT2D eigenvalue weighted by Crippen LogP contribution is 2.39. The molecular weight excluding hydrogens is 186 g/mol. The van der Waals surface area contributed by atoms with E-state index in [0.717, 1.165) is 12.8 Å². The van der Waals surface area contributed by atoms with Gasteiger partial charge in [-0.3, -0.25) is 14.9 Å². The fourth-order valence-electron chi connectivity index (χ4n) is 1.38. The maximum absolute atomic E-state index is 11.0. The predicted molar refractivity (Wildman–Crippen MR) is 48.8 cm³/mol. The van der Waals surface area contributed by atoms with Crippen molar-refractivity contribution >= 4 is 11.9 Å². The molecule has 1 saturated carbocycles. The van der Waals surface area contributed by atoms with Crippen molar-refractivity contribution in [3.8, 4) is 0 Å². The third kappa shape index (κ3) is 2.23. The molecule has 0 saturated heterocycles. The molecule has 0 spiro atoms. The van der Waals surface area contributed by atoms with Crippen LogP contribution in [0.5, 0.6) is 0 Å². The average molecular weight is 201 g/mol. The number of nitrogens with one attached hydrogen (secondary N) is 1. The highest BCUT2D eigenvalue weighted by molar-refractivity contribution is 5.80. The predicted octanol–water partition coefficient (Wildman–Crippen LogP) is 0.00230. The Labute approximate surface area is 82.4 Å². The van der Waals surface area contributed by atoms with Gasteiger partial charge in [0.15, 0.2) is 0 Å². The Balaban J connectivity index is 2.52. The molecule has 1 atom stereocenters. The minimum atomic E-state index is -0.992. The molecule has 2 N–H and O–H groups in total. The van der Waals surface area contributed by atoms with Gasteiger partial charge in [-0.1, -0.05) is 0 Å². The van der Waals surface area contributed by atoms with E-state index in [1.165, 1.54) is 7.11 Å². The largest absolute Gasteiger partial charge is 0.480 e. The van der Waals surface area contributed by atoms with Crippen LogP contribution in [0.3, 0.4) is 0 Å². The molecule has 1 rings (SSSR count). The molecule has 1 aliphatic carbocycles. The lowest BCUT2D eigenvalue weighted by atomic mass is 9.96. The van der Waals surface area contributed by atoms with Crippen LogP contribution < -0.4 is 5.32 Å². The van der Waals surface area contributed by atoms with Gasteiger partial charge < -0.3 is 9.84 Å². The van der Waals surface area contributed by atoms with E-state index in [2.05, 4.69) is 10.1 Å². The number of methoxy groups -OCH3 is 1. The van der Waals surface area contributed by atoms with Gasteiger partial charge in [0.05, 0.1) is 13.7 Å². The lowest BCUT2D eigenvalue weighted by Crippen LogP contribution is -2.53. The molecule has 14 heavy (non-hydrogen) atoms. The van der Waals surface area contributed by atoms with Crippen LogP contribution in [0.2, 0.25) is 0 Å². The molecule has 0 bridgehead atoms. The monoisotopic (exact) mass is 201 g/mol. The fraction of sp³-hybridized carbons (Fsp3) is 0.778. The molecule has 5 heteroatoms.